The van der Waals surface area contributed by atoms with Crippen LogP contribution in [0.5, 0.6) is 5.75 Å². The molecule has 0 saturated carbocycles. The quantitative estimate of drug-likeness (QED) is 0.250. The maximum Gasteiger partial charge on any atom is 0.190 e. The summed E-state index contributed by atoms with van der Waals surface area (Å²) in [4.78, 5) is 6.69. The molecule has 0 amide bonds. The number of unbranched alkanes of at least 4 members (excludes halogenated alkanes) is 1. The smallest absolute Gasteiger partial charge is 0.190 e. The van der Waals surface area contributed by atoms with Gasteiger partial charge < -0.3 is 20.3 Å². The van der Waals surface area contributed by atoms with Crippen molar-refractivity contribution >= 4 is 29.9 Å². The van der Waals surface area contributed by atoms with Crippen LogP contribution in [0.3, 0.4) is 0 Å². The van der Waals surface area contributed by atoms with E-state index in [1.807, 2.05) is 7.05 Å². The molecule has 0 bridgehead atoms. The fourth-order valence-corrected chi connectivity index (χ4v) is 2.89. The highest BCUT2D eigenvalue weighted by atomic mass is 127. The second-order valence-electron chi connectivity index (χ2n) is 7.00. The van der Waals surface area contributed by atoms with E-state index in [0.717, 1.165) is 57.2 Å². The number of hydrogen-bond acceptors (Lipinski definition) is 3. The molecule has 0 aromatic heterocycles. The van der Waals surface area contributed by atoms with E-state index in [2.05, 4.69) is 59.6 Å². The fraction of sp³-hybridized carbons (Fsp3) is 0.650. The van der Waals surface area contributed by atoms with Gasteiger partial charge in [-0.1, -0.05) is 12.1 Å². The summed E-state index contributed by atoms with van der Waals surface area (Å²) < 4.78 is 5.56. The summed E-state index contributed by atoms with van der Waals surface area (Å²) in [5.41, 5.74) is 2.69. The molecular formula is C20H35IN4O. The van der Waals surface area contributed by atoms with Crippen LogP contribution in [0.4, 0.5) is 0 Å². The Morgan fingerprint density at radius 3 is 2.73 bits per heavy atom. The summed E-state index contributed by atoms with van der Waals surface area (Å²) in [7, 11) is 4.01. The Labute approximate surface area is 176 Å². The van der Waals surface area contributed by atoms with Gasteiger partial charge in [0.05, 0.1) is 6.61 Å². The van der Waals surface area contributed by atoms with Crippen LogP contribution in [0.2, 0.25) is 0 Å². The molecule has 0 atom stereocenters. The van der Waals surface area contributed by atoms with E-state index >= 15 is 0 Å². The summed E-state index contributed by atoms with van der Waals surface area (Å²) in [6.45, 7) is 8.28. The zero-order valence-electron chi connectivity index (χ0n) is 16.7. The number of ether oxygens (including phenoxy) is 1. The predicted octanol–water partition coefficient (Wildman–Crippen LogP) is 3.07. The minimum atomic E-state index is 0. The minimum absolute atomic E-state index is 0. The number of aliphatic imine (C=N–C) groups is 1. The Morgan fingerprint density at radius 2 is 2.00 bits per heavy atom. The van der Waals surface area contributed by atoms with Gasteiger partial charge in [-0.25, -0.2) is 0 Å². The lowest BCUT2D eigenvalue weighted by atomic mass is 10.1. The normalized spacial score (nSPS) is 13.4. The largest absolute Gasteiger partial charge is 0.493 e. The molecule has 1 aliphatic heterocycles. The Kier molecular flexibility index (Phi) is 11.0. The van der Waals surface area contributed by atoms with E-state index in [-0.39, 0.29) is 24.0 Å². The molecule has 5 nitrogen and oxygen atoms in total. The third kappa shape index (κ3) is 7.70. The van der Waals surface area contributed by atoms with Gasteiger partial charge >= 0.3 is 0 Å². The summed E-state index contributed by atoms with van der Waals surface area (Å²) in [5.74, 6) is 1.94. The monoisotopic (exact) mass is 474 g/mol. The molecule has 0 unspecified atom stereocenters. The zero-order valence-corrected chi connectivity index (χ0v) is 19.0. The van der Waals surface area contributed by atoms with Crippen LogP contribution in [-0.4, -0.2) is 57.2 Å². The molecular weight excluding hydrogens is 439 g/mol. The summed E-state index contributed by atoms with van der Waals surface area (Å²) in [5, 5.41) is 6.80. The van der Waals surface area contributed by atoms with Gasteiger partial charge in [-0.2, -0.15) is 0 Å². The van der Waals surface area contributed by atoms with Gasteiger partial charge in [-0.15, -0.1) is 24.0 Å². The number of nitrogens with zero attached hydrogens (tertiary/aromatic N) is 2. The first-order valence-corrected chi connectivity index (χ1v) is 9.49. The number of guanidine groups is 1. The van der Waals surface area contributed by atoms with Crippen molar-refractivity contribution in [2.45, 2.75) is 45.6 Å². The standard InChI is InChI=1S/C20H34N4O.HI/c1-16(2)24(4)13-6-5-11-22-20(21-3)23-12-9-17-7-8-19-18(15-17)10-14-25-19;/h7-8,15-16H,5-6,9-14H2,1-4H3,(H2,21,22,23);1H. The molecule has 0 aliphatic carbocycles. The minimum Gasteiger partial charge on any atom is -0.493 e. The van der Waals surface area contributed by atoms with Gasteiger partial charge in [0.1, 0.15) is 5.75 Å². The lowest BCUT2D eigenvalue weighted by Gasteiger charge is -2.20. The Hall–Kier alpha value is -1.02. The number of rotatable bonds is 9. The van der Waals surface area contributed by atoms with Gasteiger partial charge in [0, 0.05) is 32.6 Å². The number of hydrogen-bond donors (Lipinski definition) is 2. The van der Waals surface area contributed by atoms with Crippen LogP contribution in [0, 0.1) is 0 Å². The van der Waals surface area contributed by atoms with Crippen LogP contribution < -0.4 is 15.4 Å². The first-order valence-electron chi connectivity index (χ1n) is 9.49. The molecule has 0 spiro atoms. The average Bonchev–Trinajstić information content (AvgIpc) is 3.07. The number of halogens is 1. The molecule has 1 aromatic rings. The highest BCUT2D eigenvalue weighted by Crippen LogP contribution is 2.25. The number of nitrogens with one attached hydrogen (secondary N) is 2. The fourth-order valence-electron chi connectivity index (χ4n) is 2.89. The summed E-state index contributed by atoms with van der Waals surface area (Å²) >= 11 is 0. The van der Waals surface area contributed by atoms with Crippen molar-refractivity contribution in [3.8, 4) is 5.75 Å². The zero-order chi connectivity index (χ0) is 18.1. The van der Waals surface area contributed by atoms with Gasteiger partial charge in [-0.05, 0) is 63.9 Å². The lowest BCUT2D eigenvalue weighted by Crippen LogP contribution is -2.39. The van der Waals surface area contributed by atoms with Gasteiger partial charge in [0.15, 0.2) is 5.96 Å². The molecule has 6 heteroatoms. The van der Waals surface area contributed by atoms with Crippen molar-refractivity contribution in [3.05, 3.63) is 29.3 Å². The van der Waals surface area contributed by atoms with Crippen molar-refractivity contribution in [1.29, 1.82) is 0 Å². The third-order valence-corrected chi connectivity index (χ3v) is 4.80. The van der Waals surface area contributed by atoms with E-state index in [0.29, 0.717) is 6.04 Å². The van der Waals surface area contributed by atoms with Gasteiger partial charge in [0.2, 0.25) is 0 Å². The molecule has 1 heterocycles. The molecule has 2 rings (SSSR count). The Balaban J connectivity index is 0.00000338. The van der Waals surface area contributed by atoms with Crippen molar-refractivity contribution in [2.75, 3.05) is 40.3 Å². The van der Waals surface area contributed by atoms with Gasteiger partial charge in [-0.3, -0.25) is 4.99 Å². The second kappa shape index (κ2) is 12.4. The Bertz CT molecular complexity index is 563. The number of benzene rings is 1. The molecule has 148 valence electrons. The van der Waals surface area contributed by atoms with E-state index in [9.17, 15) is 0 Å². The van der Waals surface area contributed by atoms with Crippen LogP contribution in [-0.2, 0) is 12.8 Å². The molecule has 1 aromatic carbocycles. The average molecular weight is 474 g/mol. The number of fused-ring (bicyclic) bond motifs is 1. The van der Waals surface area contributed by atoms with Gasteiger partial charge in [0.25, 0.3) is 0 Å². The maximum absolute atomic E-state index is 5.56. The first-order chi connectivity index (χ1) is 12.1. The molecule has 26 heavy (non-hydrogen) atoms. The molecule has 1 aliphatic rings. The molecule has 2 N–H and O–H groups in total. The predicted molar refractivity (Wildman–Crippen MR) is 121 cm³/mol. The third-order valence-electron chi connectivity index (χ3n) is 4.80. The van der Waals surface area contributed by atoms with Crippen LogP contribution in [0.1, 0.15) is 37.8 Å². The van der Waals surface area contributed by atoms with Crippen molar-refractivity contribution in [3.63, 3.8) is 0 Å². The van der Waals surface area contributed by atoms with Crippen LogP contribution >= 0.6 is 24.0 Å². The van der Waals surface area contributed by atoms with E-state index < -0.39 is 0 Å². The van der Waals surface area contributed by atoms with Crippen molar-refractivity contribution < 1.29 is 4.74 Å². The molecule has 0 fully saturated rings. The highest BCUT2D eigenvalue weighted by molar-refractivity contribution is 14.0. The van der Waals surface area contributed by atoms with E-state index in [1.54, 1.807) is 0 Å². The maximum atomic E-state index is 5.56. The Morgan fingerprint density at radius 1 is 1.23 bits per heavy atom. The summed E-state index contributed by atoms with van der Waals surface area (Å²) in [6, 6.07) is 7.14. The lowest BCUT2D eigenvalue weighted by molar-refractivity contribution is 0.268. The SMILES string of the molecule is CN=C(NCCCCN(C)C(C)C)NCCc1ccc2c(c1)CCO2.I. The summed E-state index contributed by atoms with van der Waals surface area (Å²) in [6.07, 6.45) is 4.39. The topological polar surface area (TPSA) is 48.9 Å². The van der Waals surface area contributed by atoms with E-state index in [4.69, 9.17) is 4.74 Å². The molecule has 0 saturated heterocycles. The van der Waals surface area contributed by atoms with E-state index in [1.165, 1.54) is 17.5 Å². The molecule has 0 radical (unpaired) electrons. The first kappa shape index (κ1) is 23.0. The highest BCUT2D eigenvalue weighted by Gasteiger charge is 2.11. The van der Waals surface area contributed by atoms with Crippen LogP contribution in [0.15, 0.2) is 23.2 Å². The van der Waals surface area contributed by atoms with Crippen LogP contribution in [0.25, 0.3) is 0 Å². The van der Waals surface area contributed by atoms with Crippen molar-refractivity contribution in [2.24, 2.45) is 4.99 Å². The van der Waals surface area contributed by atoms with Crippen molar-refractivity contribution in [1.82, 2.24) is 15.5 Å². The second-order valence-corrected chi connectivity index (χ2v) is 7.00.